The first kappa shape index (κ1) is 15.8. The van der Waals surface area contributed by atoms with Crippen LogP contribution in [0, 0.1) is 0 Å². The number of anilines is 2. The maximum Gasteiger partial charge on any atom is 0.182 e. The number of nitrogens with zero attached hydrogens (tertiary/aromatic N) is 3. The van der Waals surface area contributed by atoms with Gasteiger partial charge in [-0.05, 0) is 27.2 Å². The van der Waals surface area contributed by atoms with Crippen LogP contribution in [0.3, 0.4) is 0 Å². The molecule has 0 amide bonds. The Hall–Kier alpha value is -1.24. The van der Waals surface area contributed by atoms with Crippen molar-refractivity contribution in [2.24, 2.45) is 0 Å². The van der Waals surface area contributed by atoms with E-state index in [1.165, 1.54) is 6.26 Å². The van der Waals surface area contributed by atoms with Crippen molar-refractivity contribution in [3.05, 3.63) is 0 Å². The van der Waals surface area contributed by atoms with Gasteiger partial charge in [0, 0.05) is 19.3 Å². The van der Waals surface area contributed by atoms with E-state index in [4.69, 9.17) is 5.73 Å². The van der Waals surface area contributed by atoms with Gasteiger partial charge in [-0.1, -0.05) is 6.92 Å². The molecule has 1 aromatic rings. The Kier molecular flexibility index (Phi) is 4.84. The Labute approximate surface area is 115 Å². The van der Waals surface area contributed by atoms with Crippen molar-refractivity contribution >= 4 is 21.5 Å². The average molecular weight is 288 g/mol. The molecule has 0 fully saturated rings. The molecule has 6 nitrogen and oxygen atoms in total. The van der Waals surface area contributed by atoms with Crippen molar-refractivity contribution < 1.29 is 8.42 Å². The van der Waals surface area contributed by atoms with Crippen LogP contribution < -0.4 is 10.6 Å². The number of hydrogen-bond acceptors (Lipinski definition) is 5. The van der Waals surface area contributed by atoms with Gasteiger partial charge in [-0.3, -0.25) is 0 Å². The summed E-state index contributed by atoms with van der Waals surface area (Å²) in [7, 11) is -3.40. The second kappa shape index (κ2) is 5.81. The zero-order valence-corrected chi connectivity index (χ0v) is 13.2. The zero-order valence-electron chi connectivity index (χ0n) is 12.3. The molecule has 1 rings (SSSR count). The Balaban J connectivity index is 3.53. The van der Waals surface area contributed by atoms with Crippen molar-refractivity contribution in [1.82, 2.24) is 9.78 Å². The highest BCUT2D eigenvalue weighted by molar-refractivity contribution is 7.91. The molecule has 2 N–H and O–H groups in total. The lowest BCUT2D eigenvalue weighted by Gasteiger charge is -2.18. The molecule has 0 spiro atoms. The van der Waals surface area contributed by atoms with Gasteiger partial charge >= 0.3 is 0 Å². The highest BCUT2D eigenvalue weighted by Crippen LogP contribution is 2.32. The molecule has 110 valence electrons. The van der Waals surface area contributed by atoms with E-state index in [0.29, 0.717) is 18.9 Å². The predicted molar refractivity (Wildman–Crippen MR) is 78.3 cm³/mol. The van der Waals surface area contributed by atoms with Crippen molar-refractivity contribution in [2.45, 2.75) is 45.1 Å². The van der Waals surface area contributed by atoms with Crippen molar-refractivity contribution in [3.8, 4) is 0 Å². The summed E-state index contributed by atoms with van der Waals surface area (Å²) in [4.78, 5) is 2.06. The van der Waals surface area contributed by atoms with Crippen LogP contribution >= 0.6 is 0 Å². The van der Waals surface area contributed by atoms with Crippen LogP contribution in [0.25, 0.3) is 0 Å². The van der Waals surface area contributed by atoms with Gasteiger partial charge in [-0.15, -0.1) is 0 Å². The molecule has 1 atom stereocenters. The first-order valence-corrected chi connectivity index (χ1v) is 8.49. The molecular formula is C12H24N4O2S. The van der Waals surface area contributed by atoms with Crippen LogP contribution in [0.4, 0.5) is 11.6 Å². The lowest BCUT2D eigenvalue weighted by atomic mass is 10.3. The van der Waals surface area contributed by atoms with E-state index in [-0.39, 0.29) is 16.8 Å². The van der Waals surface area contributed by atoms with Gasteiger partial charge in [0.25, 0.3) is 0 Å². The molecule has 19 heavy (non-hydrogen) atoms. The molecule has 1 unspecified atom stereocenters. The number of hydrogen-bond donors (Lipinski definition) is 1. The second-order valence-electron chi connectivity index (χ2n) is 4.68. The van der Waals surface area contributed by atoms with E-state index in [1.807, 2.05) is 32.6 Å². The average Bonchev–Trinajstić information content (AvgIpc) is 2.67. The summed E-state index contributed by atoms with van der Waals surface area (Å²) in [6, 6.07) is 0.0739. The third-order valence-corrected chi connectivity index (χ3v) is 4.46. The molecular weight excluding hydrogens is 264 g/mol. The minimum atomic E-state index is -3.40. The molecule has 0 saturated carbocycles. The van der Waals surface area contributed by atoms with Crippen molar-refractivity contribution in [3.63, 3.8) is 0 Å². The molecule has 1 aromatic heterocycles. The molecule has 0 radical (unpaired) electrons. The van der Waals surface area contributed by atoms with Gasteiger partial charge in [0.05, 0.1) is 6.04 Å². The van der Waals surface area contributed by atoms with Crippen LogP contribution in [0.15, 0.2) is 4.90 Å². The summed E-state index contributed by atoms with van der Waals surface area (Å²) in [5.74, 6) is 0.698. The molecule has 7 heteroatoms. The van der Waals surface area contributed by atoms with Gasteiger partial charge in [0.2, 0.25) is 0 Å². The maximum absolute atomic E-state index is 12.0. The Bertz CT molecular complexity index is 532. The summed E-state index contributed by atoms with van der Waals surface area (Å²) < 4.78 is 25.6. The SMILES string of the molecule is CCC(C)n1nc(N(CC)CC)c(S(C)(=O)=O)c1N. The van der Waals surface area contributed by atoms with Gasteiger partial charge < -0.3 is 10.6 Å². The number of aromatic nitrogens is 2. The molecule has 0 aliphatic rings. The largest absolute Gasteiger partial charge is 0.383 e. The van der Waals surface area contributed by atoms with Gasteiger partial charge in [-0.25, -0.2) is 13.1 Å². The van der Waals surface area contributed by atoms with Crippen LogP contribution in [-0.4, -0.2) is 37.5 Å². The summed E-state index contributed by atoms with van der Waals surface area (Å²) in [6.07, 6.45) is 2.01. The van der Waals surface area contributed by atoms with Crippen LogP contribution in [-0.2, 0) is 9.84 Å². The fourth-order valence-corrected chi connectivity index (χ4v) is 2.99. The molecule has 0 aromatic carbocycles. The highest BCUT2D eigenvalue weighted by atomic mass is 32.2. The minimum Gasteiger partial charge on any atom is -0.383 e. The lowest BCUT2D eigenvalue weighted by molar-refractivity contribution is 0.483. The van der Waals surface area contributed by atoms with Gasteiger partial charge in [-0.2, -0.15) is 5.10 Å². The predicted octanol–water partition coefficient (Wildman–Crippen LogP) is 1.69. The van der Waals surface area contributed by atoms with E-state index < -0.39 is 9.84 Å². The quantitative estimate of drug-likeness (QED) is 0.861. The summed E-state index contributed by atoms with van der Waals surface area (Å²) in [5, 5.41) is 4.43. The fourth-order valence-electron chi connectivity index (χ4n) is 2.01. The molecule has 0 bridgehead atoms. The maximum atomic E-state index is 12.0. The van der Waals surface area contributed by atoms with Gasteiger partial charge in [0.1, 0.15) is 5.82 Å². The Morgan fingerprint density at radius 3 is 2.21 bits per heavy atom. The van der Waals surface area contributed by atoms with Crippen molar-refractivity contribution in [1.29, 1.82) is 0 Å². The standard InChI is InChI=1S/C12H24N4O2S/c1-6-9(4)16-11(13)10(19(5,17)18)12(14-16)15(7-2)8-3/h9H,6-8,13H2,1-5H3. The normalized spacial score (nSPS) is 13.5. The summed E-state index contributed by atoms with van der Waals surface area (Å²) in [6.45, 7) is 9.30. The van der Waals surface area contributed by atoms with E-state index in [1.54, 1.807) is 4.68 Å². The monoisotopic (exact) mass is 288 g/mol. The highest BCUT2D eigenvalue weighted by Gasteiger charge is 2.27. The third kappa shape index (κ3) is 3.02. The number of nitrogens with two attached hydrogens (primary N) is 1. The molecule has 0 aliphatic carbocycles. The Morgan fingerprint density at radius 1 is 1.32 bits per heavy atom. The topological polar surface area (TPSA) is 81.2 Å². The molecule has 0 aliphatic heterocycles. The summed E-state index contributed by atoms with van der Waals surface area (Å²) in [5.41, 5.74) is 6.01. The summed E-state index contributed by atoms with van der Waals surface area (Å²) >= 11 is 0. The van der Waals surface area contributed by atoms with E-state index in [2.05, 4.69) is 5.10 Å². The fraction of sp³-hybridized carbons (Fsp3) is 0.750. The first-order valence-electron chi connectivity index (χ1n) is 6.60. The zero-order chi connectivity index (χ0) is 14.8. The number of rotatable bonds is 6. The third-order valence-electron chi connectivity index (χ3n) is 3.33. The minimum absolute atomic E-state index is 0.0739. The van der Waals surface area contributed by atoms with E-state index >= 15 is 0 Å². The number of nitrogen functional groups attached to an aromatic ring is 1. The smallest absolute Gasteiger partial charge is 0.182 e. The van der Waals surface area contributed by atoms with Gasteiger partial charge in [0.15, 0.2) is 20.6 Å². The Morgan fingerprint density at radius 2 is 1.84 bits per heavy atom. The van der Waals surface area contributed by atoms with Crippen molar-refractivity contribution in [2.75, 3.05) is 30.0 Å². The lowest BCUT2D eigenvalue weighted by Crippen LogP contribution is -2.24. The van der Waals surface area contributed by atoms with Crippen LogP contribution in [0.2, 0.25) is 0 Å². The molecule has 1 heterocycles. The van der Waals surface area contributed by atoms with E-state index in [9.17, 15) is 8.42 Å². The number of sulfone groups is 1. The van der Waals surface area contributed by atoms with Crippen LogP contribution in [0.1, 0.15) is 40.2 Å². The first-order chi connectivity index (χ1) is 8.77. The molecule has 0 saturated heterocycles. The second-order valence-corrected chi connectivity index (χ2v) is 6.64. The van der Waals surface area contributed by atoms with Crippen LogP contribution in [0.5, 0.6) is 0 Å². The van der Waals surface area contributed by atoms with E-state index in [0.717, 1.165) is 6.42 Å².